The second-order valence-corrected chi connectivity index (χ2v) is 8.83. The molecule has 1 fully saturated rings. The molecule has 1 saturated heterocycles. The number of carbonyl (C=O) groups is 1. The highest BCUT2D eigenvalue weighted by Crippen LogP contribution is 2.19. The van der Waals surface area contributed by atoms with E-state index >= 15 is 0 Å². The number of rotatable bonds is 4. The summed E-state index contributed by atoms with van der Waals surface area (Å²) in [5, 5.41) is 1.95. The molecule has 24 heavy (non-hydrogen) atoms. The Morgan fingerprint density at radius 2 is 1.88 bits per heavy atom. The molecule has 5 nitrogen and oxygen atoms in total. The Balaban J connectivity index is 1.63. The lowest BCUT2D eigenvalue weighted by molar-refractivity contribution is -0.131. The number of hydrogen-bond acceptors (Lipinski definition) is 4. The van der Waals surface area contributed by atoms with E-state index in [1.807, 2.05) is 30.5 Å². The van der Waals surface area contributed by atoms with Crippen LogP contribution >= 0.6 is 11.3 Å². The summed E-state index contributed by atoms with van der Waals surface area (Å²) in [4.78, 5) is 15.4. The molecular weight excluding hydrogens is 344 g/mol. The second-order valence-electron chi connectivity index (χ2n) is 5.86. The van der Waals surface area contributed by atoms with E-state index in [0.717, 1.165) is 10.4 Å². The van der Waals surface area contributed by atoms with Crippen molar-refractivity contribution in [3.8, 4) is 0 Å². The lowest BCUT2D eigenvalue weighted by Crippen LogP contribution is -2.50. The molecule has 2 aromatic rings. The van der Waals surface area contributed by atoms with Gasteiger partial charge in [0.05, 0.1) is 11.3 Å². The third kappa shape index (κ3) is 3.68. The third-order valence-electron chi connectivity index (χ3n) is 4.12. The maximum Gasteiger partial charge on any atom is 0.243 e. The Morgan fingerprint density at radius 3 is 2.50 bits per heavy atom. The van der Waals surface area contributed by atoms with Gasteiger partial charge in [0.2, 0.25) is 15.9 Å². The van der Waals surface area contributed by atoms with E-state index in [0.29, 0.717) is 37.5 Å². The maximum absolute atomic E-state index is 12.7. The molecule has 7 heteroatoms. The van der Waals surface area contributed by atoms with Crippen LogP contribution < -0.4 is 0 Å². The third-order valence-corrected chi connectivity index (χ3v) is 6.90. The normalized spacial score (nSPS) is 16.3. The highest BCUT2D eigenvalue weighted by atomic mass is 32.2. The van der Waals surface area contributed by atoms with Crippen LogP contribution in [0.15, 0.2) is 46.7 Å². The van der Waals surface area contributed by atoms with Crippen LogP contribution in [-0.4, -0.2) is 49.7 Å². The zero-order valence-corrected chi connectivity index (χ0v) is 15.1. The Bertz CT molecular complexity index is 808. The minimum atomic E-state index is -3.49. The molecule has 0 saturated carbocycles. The quantitative estimate of drug-likeness (QED) is 0.835. The van der Waals surface area contributed by atoms with Crippen LogP contribution in [-0.2, 0) is 21.2 Å². The SMILES string of the molecule is Cc1cccc(S(=O)(=O)N2CCN(C(=O)Cc3cccs3)CC2)c1. The van der Waals surface area contributed by atoms with Crippen LogP contribution in [0.4, 0.5) is 0 Å². The predicted molar refractivity (Wildman–Crippen MR) is 94.5 cm³/mol. The van der Waals surface area contributed by atoms with Gasteiger partial charge in [-0.05, 0) is 36.1 Å². The Morgan fingerprint density at radius 1 is 1.12 bits per heavy atom. The summed E-state index contributed by atoms with van der Waals surface area (Å²) in [6.45, 7) is 3.43. The molecule has 1 amide bonds. The molecule has 3 rings (SSSR count). The van der Waals surface area contributed by atoms with Crippen molar-refractivity contribution >= 4 is 27.3 Å². The zero-order chi connectivity index (χ0) is 17.2. The molecular formula is C17H20N2O3S2. The van der Waals surface area contributed by atoms with Crippen LogP contribution in [0.3, 0.4) is 0 Å². The van der Waals surface area contributed by atoms with E-state index in [1.54, 1.807) is 34.4 Å². The number of thiophene rings is 1. The Kier molecular flexibility index (Phi) is 5.03. The fourth-order valence-electron chi connectivity index (χ4n) is 2.78. The fraction of sp³-hybridized carbons (Fsp3) is 0.353. The van der Waals surface area contributed by atoms with Crippen molar-refractivity contribution in [2.75, 3.05) is 26.2 Å². The average molecular weight is 364 g/mol. The van der Waals surface area contributed by atoms with E-state index in [1.165, 1.54) is 4.31 Å². The molecule has 1 aromatic heterocycles. The van der Waals surface area contributed by atoms with E-state index < -0.39 is 10.0 Å². The summed E-state index contributed by atoms with van der Waals surface area (Å²) >= 11 is 1.56. The second kappa shape index (κ2) is 7.04. The number of sulfonamides is 1. The van der Waals surface area contributed by atoms with Crippen LogP contribution in [0.25, 0.3) is 0 Å². The van der Waals surface area contributed by atoms with E-state index in [2.05, 4.69) is 0 Å². The first kappa shape index (κ1) is 17.1. The number of benzene rings is 1. The molecule has 1 aliphatic heterocycles. The summed E-state index contributed by atoms with van der Waals surface area (Å²) in [5.41, 5.74) is 0.917. The van der Waals surface area contributed by atoms with Gasteiger partial charge in [-0.2, -0.15) is 4.31 Å². The minimum absolute atomic E-state index is 0.0602. The number of amides is 1. The molecule has 128 valence electrons. The first-order valence-corrected chi connectivity index (χ1v) is 10.2. The summed E-state index contributed by atoms with van der Waals surface area (Å²) in [5.74, 6) is 0.0602. The minimum Gasteiger partial charge on any atom is -0.340 e. The largest absolute Gasteiger partial charge is 0.340 e. The number of nitrogens with zero attached hydrogens (tertiary/aromatic N) is 2. The molecule has 1 aliphatic rings. The zero-order valence-electron chi connectivity index (χ0n) is 13.5. The van der Waals surface area contributed by atoms with Gasteiger partial charge in [0.15, 0.2) is 0 Å². The molecule has 2 heterocycles. The first-order chi connectivity index (χ1) is 11.5. The number of aryl methyl sites for hydroxylation is 1. The molecule has 0 radical (unpaired) electrons. The van der Waals surface area contributed by atoms with Crippen molar-refractivity contribution in [3.63, 3.8) is 0 Å². The number of hydrogen-bond donors (Lipinski definition) is 0. The van der Waals surface area contributed by atoms with Crippen molar-refractivity contribution < 1.29 is 13.2 Å². The standard InChI is InChI=1S/C17H20N2O3S2/c1-14-4-2-6-16(12-14)24(21,22)19-9-7-18(8-10-19)17(20)13-15-5-3-11-23-15/h2-6,11-12H,7-10,13H2,1H3. The van der Waals surface area contributed by atoms with Crippen LogP contribution in [0.1, 0.15) is 10.4 Å². The molecule has 0 unspecified atom stereocenters. The first-order valence-electron chi connectivity index (χ1n) is 7.84. The predicted octanol–water partition coefficient (Wildman–Crippen LogP) is 2.13. The fourth-order valence-corrected chi connectivity index (χ4v) is 5.00. The number of carbonyl (C=O) groups excluding carboxylic acids is 1. The smallest absolute Gasteiger partial charge is 0.243 e. The summed E-state index contributed by atoms with van der Waals surface area (Å²) in [6, 6.07) is 10.8. The van der Waals surface area contributed by atoms with Crippen molar-refractivity contribution in [3.05, 3.63) is 52.2 Å². The molecule has 0 N–H and O–H groups in total. The van der Waals surface area contributed by atoms with Crippen LogP contribution in [0.5, 0.6) is 0 Å². The van der Waals surface area contributed by atoms with E-state index in [4.69, 9.17) is 0 Å². The van der Waals surface area contributed by atoms with Crippen LogP contribution in [0.2, 0.25) is 0 Å². The van der Waals surface area contributed by atoms with Crippen molar-refractivity contribution in [2.45, 2.75) is 18.2 Å². The van der Waals surface area contributed by atoms with Gasteiger partial charge < -0.3 is 4.90 Å². The van der Waals surface area contributed by atoms with E-state index in [9.17, 15) is 13.2 Å². The van der Waals surface area contributed by atoms with Gasteiger partial charge in [0.1, 0.15) is 0 Å². The van der Waals surface area contributed by atoms with Gasteiger partial charge in [-0.1, -0.05) is 18.2 Å². The van der Waals surface area contributed by atoms with Gasteiger partial charge in [0.25, 0.3) is 0 Å². The number of piperazine rings is 1. The van der Waals surface area contributed by atoms with Gasteiger partial charge in [0, 0.05) is 31.1 Å². The Hall–Kier alpha value is -1.70. The molecule has 0 spiro atoms. The monoisotopic (exact) mass is 364 g/mol. The lowest BCUT2D eigenvalue weighted by Gasteiger charge is -2.34. The molecule has 0 aliphatic carbocycles. The van der Waals surface area contributed by atoms with Gasteiger partial charge in [-0.3, -0.25) is 4.79 Å². The maximum atomic E-state index is 12.7. The topological polar surface area (TPSA) is 57.7 Å². The summed E-state index contributed by atoms with van der Waals surface area (Å²) in [7, 11) is -3.49. The van der Waals surface area contributed by atoms with Crippen molar-refractivity contribution in [2.24, 2.45) is 0 Å². The molecule has 0 atom stereocenters. The highest BCUT2D eigenvalue weighted by molar-refractivity contribution is 7.89. The Labute approximate surface area is 146 Å². The van der Waals surface area contributed by atoms with Crippen molar-refractivity contribution in [1.82, 2.24) is 9.21 Å². The molecule has 1 aromatic carbocycles. The van der Waals surface area contributed by atoms with Gasteiger partial charge >= 0.3 is 0 Å². The van der Waals surface area contributed by atoms with Crippen molar-refractivity contribution in [1.29, 1.82) is 0 Å². The van der Waals surface area contributed by atoms with Gasteiger partial charge in [-0.15, -0.1) is 11.3 Å². The average Bonchev–Trinajstić information content (AvgIpc) is 3.08. The summed E-state index contributed by atoms with van der Waals surface area (Å²) in [6.07, 6.45) is 0.391. The lowest BCUT2D eigenvalue weighted by atomic mass is 10.2. The molecule has 0 bridgehead atoms. The van der Waals surface area contributed by atoms with Crippen LogP contribution in [0, 0.1) is 6.92 Å². The van der Waals surface area contributed by atoms with Gasteiger partial charge in [-0.25, -0.2) is 8.42 Å². The van der Waals surface area contributed by atoms with E-state index in [-0.39, 0.29) is 5.91 Å². The summed E-state index contributed by atoms with van der Waals surface area (Å²) < 4.78 is 26.9. The highest BCUT2D eigenvalue weighted by Gasteiger charge is 2.30.